The fraction of sp³-hybridized carbons (Fsp3) is 0.143. The van der Waals surface area contributed by atoms with Crippen molar-refractivity contribution in [2.75, 3.05) is 15.8 Å². The van der Waals surface area contributed by atoms with Crippen LogP contribution in [0.1, 0.15) is 17.3 Å². The molecule has 0 aliphatic rings. The lowest BCUT2D eigenvalue weighted by atomic mass is 10.2. The molecule has 0 saturated carbocycles. The summed E-state index contributed by atoms with van der Waals surface area (Å²) in [7, 11) is -3.49. The van der Waals surface area contributed by atoms with Gasteiger partial charge in [-0.2, -0.15) is 0 Å². The summed E-state index contributed by atoms with van der Waals surface area (Å²) in [5, 5.41) is 2.42. The molecule has 0 atom stereocenters. The number of nitrogens with zero attached hydrogens (tertiary/aromatic N) is 1. The first-order valence-corrected chi connectivity index (χ1v) is 8.56. The molecule has 0 fully saturated rings. The van der Waals surface area contributed by atoms with Crippen LogP contribution >= 0.6 is 11.6 Å². The smallest absolute Gasteiger partial charge is 0.255 e. The molecule has 0 radical (unpaired) electrons. The van der Waals surface area contributed by atoms with E-state index in [0.29, 0.717) is 5.69 Å². The van der Waals surface area contributed by atoms with Crippen molar-refractivity contribution in [2.24, 2.45) is 0 Å². The number of hydrogen-bond acceptors (Lipinski definition) is 4. The third kappa shape index (κ3) is 4.64. The third-order valence-electron chi connectivity index (χ3n) is 2.84. The van der Waals surface area contributed by atoms with Gasteiger partial charge in [-0.3, -0.25) is 9.52 Å². The Kier molecular flexibility index (Phi) is 5.17. The number of halogens is 2. The second-order valence-corrected chi connectivity index (χ2v) is 6.94. The van der Waals surface area contributed by atoms with Gasteiger partial charge in [0.1, 0.15) is 11.6 Å². The number of carbonyl (C=O) groups excluding carboxylic acids is 1. The van der Waals surface area contributed by atoms with Crippen LogP contribution in [-0.2, 0) is 10.0 Å². The van der Waals surface area contributed by atoms with Gasteiger partial charge in [0.2, 0.25) is 10.0 Å². The molecule has 2 rings (SSSR count). The first-order chi connectivity index (χ1) is 10.8. The minimum Gasteiger partial charge on any atom is -0.322 e. The number of sulfonamides is 1. The Hall–Kier alpha value is -2.19. The number of carbonyl (C=O) groups is 1. The molecule has 0 unspecified atom stereocenters. The van der Waals surface area contributed by atoms with Crippen molar-refractivity contribution in [2.45, 2.75) is 6.92 Å². The van der Waals surface area contributed by atoms with E-state index in [9.17, 15) is 17.6 Å². The third-order valence-corrected chi connectivity index (χ3v) is 4.41. The highest BCUT2D eigenvalue weighted by molar-refractivity contribution is 7.92. The van der Waals surface area contributed by atoms with Gasteiger partial charge in [0.25, 0.3) is 5.91 Å². The molecule has 1 amide bonds. The van der Waals surface area contributed by atoms with Gasteiger partial charge in [-0.25, -0.2) is 17.8 Å². The van der Waals surface area contributed by atoms with Crippen LogP contribution in [0.4, 0.5) is 15.9 Å². The molecule has 6 nitrogen and oxygen atoms in total. The summed E-state index contributed by atoms with van der Waals surface area (Å²) < 4.78 is 38.4. The van der Waals surface area contributed by atoms with Gasteiger partial charge >= 0.3 is 0 Å². The summed E-state index contributed by atoms with van der Waals surface area (Å²) in [4.78, 5) is 16.0. The molecule has 1 aromatic heterocycles. The second kappa shape index (κ2) is 6.93. The molecule has 122 valence electrons. The predicted molar refractivity (Wildman–Crippen MR) is 86.7 cm³/mol. The Labute approximate surface area is 137 Å². The van der Waals surface area contributed by atoms with Crippen molar-refractivity contribution in [3.05, 3.63) is 52.9 Å². The Morgan fingerprint density at radius 3 is 2.70 bits per heavy atom. The van der Waals surface area contributed by atoms with Crippen LogP contribution < -0.4 is 10.0 Å². The highest BCUT2D eigenvalue weighted by Gasteiger charge is 2.12. The zero-order valence-electron chi connectivity index (χ0n) is 12.0. The summed E-state index contributed by atoms with van der Waals surface area (Å²) in [6.45, 7) is 1.48. The van der Waals surface area contributed by atoms with Gasteiger partial charge in [0.15, 0.2) is 0 Å². The van der Waals surface area contributed by atoms with Gasteiger partial charge in [0, 0.05) is 17.4 Å². The molecule has 0 spiro atoms. The van der Waals surface area contributed by atoms with E-state index in [1.54, 1.807) is 0 Å². The lowest BCUT2D eigenvalue weighted by molar-refractivity contribution is 0.102. The Balaban J connectivity index is 2.18. The van der Waals surface area contributed by atoms with E-state index in [1.807, 2.05) is 0 Å². The lowest BCUT2D eigenvalue weighted by Crippen LogP contribution is -2.17. The number of hydrogen-bond donors (Lipinski definition) is 2. The SMILES string of the molecule is CCS(=O)(=O)Nc1cc(C(=O)Nc2ccc(F)c(Cl)c2)ccn1. The standard InChI is InChI=1S/C14H13ClFN3O3S/c1-2-23(21,22)19-13-7-9(5-6-17-13)14(20)18-10-3-4-12(16)11(15)8-10/h3-8H,2H2,1H3,(H,17,19)(H,18,20). The van der Waals surface area contributed by atoms with Crippen LogP contribution in [0.25, 0.3) is 0 Å². The fourth-order valence-corrected chi connectivity index (χ4v) is 2.39. The first-order valence-electron chi connectivity index (χ1n) is 6.53. The molecular formula is C14H13ClFN3O3S. The Morgan fingerprint density at radius 1 is 1.30 bits per heavy atom. The second-order valence-electron chi connectivity index (χ2n) is 4.52. The van der Waals surface area contributed by atoms with Crippen LogP contribution in [0.5, 0.6) is 0 Å². The normalized spacial score (nSPS) is 11.1. The molecule has 0 bridgehead atoms. The zero-order valence-corrected chi connectivity index (χ0v) is 13.6. The van der Waals surface area contributed by atoms with Crippen LogP contribution in [0, 0.1) is 5.82 Å². The highest BCUT2D eigenvalue weighted by atomic mass is 35.5. The summed E-state index contributed by atoms with van der Waals surface area (Å²) in [5.74, 6) is -1.17. The van der Waals surface area contributed by atoms with Crippen LogP contribution in [0.15, 0.2) is 36.5 Å². The number of anilines is 2. The maximum Gasteiger partial charge on any atom is 0.255 e. The molecule has 0 aliphatic carbocycles. The number of nitrogens with one attached hydrogen (secondary N) is 2. The average Bonchev–Trinajstić information content (AvgIpc) is 2.51. The van der Waals surface area contributed by atoms with Crippen molar-refractivity contribution in [1.29, 1.82) is 0 Å². The number of benzene rings is 1. The monoisotopic (exact) mass is 357 g/mol. The van der Waals surface area contributed by atoms with E-state index in [-0.39, 0.29) is 22.2 Å². The van der Waals surface area contributed by atoms with Gasteiger partial charge in [-0.1, -0.05) is 11.6 Å². The van der Waals surface area contributed by atoms with E-state index in [1.165, 1.54) is 37.4 Å². The van der Waals surface area contributed by atoms with Crippen molar-refractivity contribution < 1.29 is 17.6 Å². The Morgan fingerprint density at radius 2 is 2.04 bits per heavy atom. The van der Waals surface area contributed by atoms with E-state index >= 15 is 0 Å². The molecule has 0 aliphatic heterocycles. The largest absolute Gasteiger partial charge is 0.322 e. The lowest BCUT2D eigenvalue weighted by Gasteiger charge is -2.08. The minimum atomic E-state index is -3.49. The minimum absolute atomic E-state index is 0.0386. The quantitative estimate of drug-likeness (QED) is 0.861. The highest BCUT2D eigenvalue weighted by Crippen LogP contribution is 2.20. The van der Waals surface area contributed by atoms with Crippen molar-refractivity contribution >= 4 is 39.0 Å². The van der Waals surface area contributed by atoms with Gasteiger partial charge in [-0.15, -0.1) is 0 Å². The molecule has 0 saturated heterocycles. The van der Waals surface area contributed by atoms with Gasteiger partial charge in [0.05, 0.1) is 10.8 Å². The topological polar surface area (TPSA) is 88.2 Å². The molecule has 9 heteroatoms. The summed E-state index contributed by atoms with van der Waals surface area (Å²) >= 11 is 5.64. The van der Waals surface area contributed by atoms with Crippen molar-refractivity contribution in [3.8, 4) is 0 Å². The molecule has 23 heavy (non-hydrogen) atoms. The average molecular weight is 358 g/mol. The van der Waals surface area contributed by atoms with Crippen molar-refractivity contribution in [1.82, 2.24) is 4.98 Å². The predicted octanol–water partition coefficient (Wildman–Crippen LogP) is 2.89. The molecular weight excluding hydrogens is 345 g/mol. The summed E-state index contributed by atoms with van der Waals surface area (Å²) in [6.07, 6.45) is 1.31. The van der Waals surface area contributed by atoms with Gasteiger partial charge in [-0.05, 0) is 37.3 Å². The molecule has 1 aromatic carbocycles. The van der Waals surface area contributed by atoms with Crippen LogP contribution in [0.2, 0.25) is 5.02 Å². The van der Waals surface area contributed by atoms with E-state index in [4.69, 9.17) is 11.6 Å². The maximum atomic E-state index is 13.1. The number of amides is 1. The van der Waals surface area contributed by atoms with E-state index in [0.717, 1.165) is 6.07 Å². The zero-order chi connectivity index (χ0) is 17.0. The van der Waals surface area contributed by atoms with Gasteiger partial charge < -0.3 is 5.32 Å². The maximum absolute atomic E-state index is 13.1. The number of pyridine rings is 1. The van der Waals surface area contributed by atoms with E-state index < -0.39 is 21.7 Å². The number of rotatable bonds is 5. The van der Waals surface area contributed by atoms with Crippen LogP contribution in [0.3, 0.4) is 0 Å². The Bertz CT molecular complexity index is 843. The summed E-state index contributed by atoms with van der Waals surface area (Å²) in [6, 6.07) is 6.49. The van der Waals surface area contributed by atoms with E-state index in [2.05, 4.69) is 15.0 Å². The molecule has 2 N–H and O–H groups in total. The summed E-state index contributed by atoms with van der Waals surface area (Å²) in [5.41, 5.74) is 0.503. The first kappa shape index (κ1) is 17.2. The number of aromatic nitrogens is 1. The molecule has 2 aromatic rings. The van der Waals surface area contributed by atoms with Crippen molar-refractivity contribution in [3.63, 3.8) is 0 Å². The molecule has 1 heterocycles. The van der Waals surface area contributed by atoms with Crippen LogP contribution in [-0.4, -0.2) is 25.1 Å². The fourth-order valence-electron chi connectivity index (χ4n) is 1.64.